The summed E-state index contributed by atoms with van der Waals surface area (Å²) in [6.07, 6.45) is 1.07. The number of nitrogens with zero attached hydrogens (tertiary/aromatic N) is 4. The highest BCUT2D eigenvalue weighted by atomic mass is 19.3. The fourth-order valence-corrected chi connectivity index (χ4v) is 4.47. The lowest BCUT2D eigenvalue weighted by Crippen LogP contribution is -2.48. The van der Waals surface area contributed by atoms with E-state index in [-0.39, 0.29) is 17.1 Å². The van der Waals surface area contributed by atoms with E-state index in [4.69, 9.17) is 9.47 Å². The highest BCUT2D eigenvalue weighted by Crippen LogP contribution is 2.38. The highest BCUT2D eigenvalue weighted by molar-refractivity contribution is 5.95. The molecule has 3 aliphatic rings. The molecule has 7 nitrogen and oxygen atoms in total. The largest absolute Gasteiger partial charge is 0.379 e. The molecule has 27 heavy (non-hydrogen) atoms. The van der Waals surface area contributed by atoms with Gasteiger partial charge >= 0.3 is 0 Å². The average molecular weight is 384 g/mol. The summed E-state index contributed by atoms with van der Waals surface area (Å²) in [5.41, 5.74) is -0.630. The number of likely N-dealkylation sites (tertiary alicyclic amines) is 1. The maximum absolute atomic E-state index is 13.1. The van der Waals surface area contributed by atoms with Crippen LogP contribution in [-0.4, -0.2) is 83.1 Å². The molecule has 3 saturated heterocycles. The van der Waals surface area contributed by atoms with Crippen LogP contribution in [0.3, 0.4) is 0 Å². The van der Waals surface area contributed by atoms with E-state index < -0.39 is 12.1 Å². The van der Waals surface area contributed by atoms with Gasteiger partial charge in [0.1, 0.15) is 5.69 Å². The molecule has 0 saturated carbocycles. The van der Waals surface area contributed by atoms with Gasteiger partial charge in [0.25, 0.3) is 12.3 Å². The number of carbonyl (C=O) groups is 1. The number of amides is 1. The van der Waals surface area contributed by atoms with Gasteiger partial charge in [0.15, 0.2) is 0 Å². The normalized spacial score (nSPS) is 26.2. The minimum atomic E-state index is -2.76. The van der Waals surface area contributed by atoms with Crippen LogP contribution in [0.25, 0.3) is 0 Å². The molecule has 1 aromatic heterocycles. The number of alkyl halides is 2. The van der Waals surface area contributed by atoms with Gasteiger partial charge in [0.2, 0.25) is 0 Å². The van der Waals surface area contributed by atoms with Crippen LogP contribution in [0.5, 0.6) is 0 Å². The minimum Gasteiger partial charge on any atom is -0.379 e. The summed E-state index contributed by atoms with van der Waals surface area (Å²) in [5, 5.41) is 3.74. The fraction of sp³-hybridized carbons (Fsp3) is 0.778. The van der Waals surface area contributed by atoms with Crippen molar-refractivity contribution >= 4 is 5.91 Å². The van der Waals surface area contributed by atoms with Gasteiger partial charge in [0, 0.05) is 45.5 Å². The zero-order valence-corrected chi connectivity index (χ0v) is 15.6. The van der Waals surface area contributed by atoms with E-state index in [9.17, 15) is 13.6 Å². The standard InChI is InChI=1S/C18H26F2N4O3/c1-22-11-14(15(21-22)16(19)20)17(25)24-4-2-18(3-5-24)10-13(12-27-18)23-6-8-26-9-7-23/h11,13,16H,2-10,12H2,1H3. The molecule has 1 aromatic rings. The molecule has 0 N–H and O–H groups in total. The lowest BCUT2D eigenvalue weighted by atomic mass is 9.86. The quantitative estimate of drug-likeness (QED) is 0.790. The zero-order valence-electron chi connectivity index (χ0n) is 15.6. The van der Waals surface area contributed by atoms with Crippen molar-refractivity contribution in [3.8, 4) is 0 Å². The number of hydrogen-bond acceptors (Lipinski definition) is 5. The van der Waals surface area contributed by atoms with Gasteiger partial charge in [-0.2, -0.15) is 5.10 Å². The smallest absolute Gasteiger partial charge is 0.282 e. The second-order valence-corrected chi connectivity index (χ2v) is 7.69. The molecule has 1 unspecified atom stereocenters. The number of rotatable bonds is 3. The number of morpholine rings is 1. The summed E-state index contributed by atoms with van der Waals surface area (Å²) < 4.78 is 39.2. The van der Waals surface area contributed by atoms with E-state index in [1.54, 1.807) is 11.9 Å². The van der Waals surface area contributed by atoms with Crippen molar-refractivity contribution in [3.05, 3.63) is 17.5 Å². The van der Waals surface area contributed by atoms with Gasteiger partial charge in [-0.3, -0.25) is 14.4 Å². The molecule has 150 valence electrons. The number of carbonyl (C=O) groups excluding carboxylic acids is 1. The summed E-state index contributed by atoms with van der Waals surface area (Å²) in [7, 11) is 1.55. The summed E-state index contributed by atoms with van der Waals surface area (Å²) >= 11 is 0. The van der Waals surface area contributed by atoms with Crippen molar-refractivity contribution in [3.63, 3.8) is 0 Å². The van der Waals surface area contributed by atoms with Crippen LogP contribution in [0, 0.1) is 0 Å². The van der Waals surface area contributed by atoms with Crippen LogP contribution in [-0.2, 0) is 16.5 Å². The van der Waals surface area contributed by atoms with E-state index in [0.29, 0.717) is 25.7 Å². The van der Waals surface area contributed by atoms with Crippen molar-refractivity contribution < 1.29 is 23.0 Å². The van der Waals surface area contributed by atoms with Crippen LogP contribution in [0.1, 0.15) is 41.7 Å². The first-order chi connectivity index (χ1) is 13.0. The lowest BCUT2D eigenvalue weighted by Gasteiger charge is -2.39. The van der Waals surface area contributed by atoms with Crippen LogP contribution in [0.2, 0.25) is 0 Å². The predicted molar refractivity (Wildman–Crippen MR) is 92.8 cm³/mol. The van der Waals surface area contributed by atoms with Gasteiger partial charge in [-0.25, -0.2) is 8.78 Å². The first-order valence-corrected chi connectivity index (χ1v) is 9.54. The Hall–Kier alpha value is -1.58. The monoisotopic (exact) mass is 384 g/mol. The molecule has 3 aliphatic heterocycles. The Morgan fingerprint density at radius 3 is 2.63 bits per heavy atom. The van der Waals surface area contributed by atoms with Crippen molar-refractivity contribution in [2.45, 2.75) is 37.3 Å². The maximum Gasteiger partial charge on any atom is 0.282 e. The Morgan fingerprint density at radius 2 is 1.96 bits per heavy atom. The predicted octanol–water partition coefficient (Wildman–Crippen LogP) is 1.45. The highest BCUT2D eigenvalue weighted by Gasteiger charge is 2.45. The van der Waals surface area contributed by atoms with Crippen LogP contribution >= 0.6 is 0 Å². The number of ether oxygens (including phenoxy) is 2. The Morgan fingerprint density at radius 1 is 1.26 bits per heavy atom. The Balaban J connectivity index is 1.37. The van der Waals surface area contributed by atoms with Crippen molar-refractivity contribution in [2.75, 3.05) is 46.0 Å². The number of piperidine rings is 1. The summed E-state index contributed by atoms with van der Waals surface area (Å²) in [6.45, 7) is 5.16. The number of aromatic nitrogens is 2. The van der Waals surface area contributed by atoms with Crippen LogP contribution < -0.4 is 0 Å². The Labute approximate surface area is 157 Å². The molecular formula is C18H26F2N4O3. The van der Waals surface area contributed by atoms with Crippen molar-refractivity contribution in [1.82, 2.24) is 19.6 Å². The first kappa shape index (κ1) is 18.8. The molecular weight excluding hydrogens is 358 g/mol. The zero-order chi connectivity index (χ0) is 19.0. The molecule has 3 fully saturated rings. The average Bonchev–Trinajstić information content (AvgIpc) is 3.27. The van der Waals surface area contributed by atoms with Crippen LogP contribution in [0.15, 0.2) is 6.20 Å². The van der Waals surface area contributed by atoms with Gasteiger partial charge in [0.05, 0.1) is 31.0 Å². The molecule has 4 rings (SSSR count). The van der Waals surface area contributed by atoms with E-state index in [2.05, 4.69) is 10.00 Å². The summed E-state index contributed by atoms with van der Waals surface area (Å²) in [6, 6.07) is 0.403. The molecule has 0 aliphatic carbocycles. The van der Waals surface area contributed by atoms with E-state index >= 15 is 0 Å². The second-order valence-electron chi connectivity index (χ2n) is 7.69. The van der Waals surface area contributed by atoms with Crippen LogP contribution in [0.4, 0.5) is 8.78 Å². The molecule has 1 atom stereocenters. The number of halogens is 2. The van der Waals surface area contributed by atoms with Crippen molar-refractivity contribution in [1.29, 1.82) is 0 Å². The second kappa shape index (κ2) is 7.44. The van der Waals surface area contributed by atoms with E-state index in [0.717, 1.165) is 45.6 Å². The molecule has 0 bridgehead atoms. The Bertz CT molecular complexity index is 682. The molecule has 0 radical (unpaired) electrons. The molecule has 1 spiro atoms. The van der Waals surface area contributed by atoms with Crippen molar-refractivity contribution in [2.24, 2.45) is 7.05 Å². The first-order valence-electron chi connectivity index (χ1n) is 9.54. The third-order valence-electron chi connectivity index (χ3n) is 6.01. The van der Waals surface area contributed by atoms with Gasteiger partial charge in [-0.05, 0) is 19.3 Å². The van der Waals surface area contributed by atoms with Gasteiger partial charge < -0.3 is 14.4 Å². The molecule has 4 heterocycles. The molecule has 9 heteroatoms. The third kappa shape index (κ3) is 3.72. The number of aryl methyl sites for hydroxylation is 1. The van der Waals surface area contributed by atoms with E-state index in [1.165, 1.54) is 10.9 Å². The lowest BCUT2D eigenvalue weighted by molar-refractivity contribution is -0.0401. The number of hydrogen-bond donors (Lipinski definition) is 0. The molecule has 0 aromatic carbocycles. The maximum atomic E-state index is 13.1. The molecule has 1 amide bonds. The van der Waals surface area contributed by atoms with Gasteiger partial charge in [-0.1, -0.05) is 0 Å². The topological polar surface area (TPSA) is 59.8 Å². The summed E-state index contributed by atoms with van der Waals surface area (Å²) in [4.78, 5) is 16.8. The Kier molecular flexibility index (Phi) is 5.17. The van der Waals surface area contributed by atoms with E-state index in [1.807, 2.05) is 0 Å². The third-order valence-corrected chi connectivity index (χ3v) is 6.01. The fourth-order valence-electron chi connectivity index (χ4n) is 4.47. The van der Waals surface area contributed by atoms with Gasteiger partial charge in [-0.15, -0.1) is 0 Å². The minimum absolute atomic E-state index is 0.00184. The SMILES string of the molecule is Cn1cc(C(=O)N2CCC3(CC2)CC(N2CCOCC2)CO3)c(C(F)F)n1. The summed E-state index contributed by atoms with van der Waals surface area (Å²) in [5.74, 6) is -0.365.